The summed E-state index contributed by atoms with van der Waals surface area (Å²) in [4.78, 5) is 23.9. The number of ether oxygens (including phenoxy) is 2. The highest BCUT2D eigenvalue weighted by molar-refractivity contribution is 5.80. The minimum atomic E-state index is -0.924. The third-order valence-electron chi connectivity index (χ3n) is 2.92. The largest absolute Gasteiger partial charge is 0.497 e. The molecule has 0 heterocycles. The van der Waals surface area contributed by atoms with Crippen LogP contribution >= 0.6 is 0 Å². The van der Waals surface area contributed by atoms with Gasteiger partial charge in [-0.15, -0.1) is 0 Å². The summed E-state index contributed by atoms with van der Waals surface area (Å²) in [6, 6.07) is 5.23. The number of amides is 1. The molecule has 110 valence electrons. The summed E-state index contributed by atoms with van der Waals surface area (Å²) in [6.45, 7) is 0.187. The number of methoxy groups -OCH3 is 2. The minimum Gasteiger partial charge on any atom is -0.497 e. The highest BCUT2D eigenvalue weighted by Gasteiger charge is 2.14. The Morgan fingerprint density at radius 2 is 1.95 bits per heavy atom. The van der Waals surface area contributed by atoms with E-state index in [9.17, 15) is 9.59 Å². The highest BCUT2D eigenvalue weighted by Crippen LogP contribution is 2.25. The molecule has 0 saturated heterocycles. The lowest BCUT2D eigenvalue weighted by Crippen LogP contribution is -2.30. The van der Waals surface area contributed by atoms with Crippen molar-refractivity contribution in [2.75, 3.05) is 27.8 Å². The van der Waals surface area contributed by atoms with Gasteiger partial charge in [0.2, 0.25) is 5.91 Å². The fraction of sp³-hybridized carbons (Fsp3) is 0.429. The van der Waals surface area contributed by atoms with E-state index in [0.29, 0.717) is 11.5 Å². The average Bonchev–Trinajstić information content (AvgIpc) is 2.44. The van der Waals surface area contributed by atoms with Crippen LogP contribution in [-0.2, 0) is 16.0 Å². The molecule has 0 fully saturated rings. The molecule has 0 aliphatic carbocycles. The van der Waals surface area contributed by atoms with Crippen LogP contribution in [0.25, 0.3) is 0 Å². The van der Waals surface area contributed by atoms with Crippen LogP contribution in [0.15, 0.2) is 18.2 Å². The topological polar surface area (TPSA) is 76.1 Å². The van der Waals surface area contributed by atoms with E-state index in [2.05, 4.69) is 0 Å². The number of benzene rings is 1. The van der Waals surface area contributed by atoms with Crippen LogP contribution in [-0.4, -0.2) is 49.7 Å². The lowest BCUT2D eigenvalue weighted by atomic mass is 10.1. The molecule has 0 aliphatic heterocycles. The van der Waals surface area contributed by atoms with Crippen molar-refractivity contribution in [3.05, 3.63) is 23.8 Å². The number of carbonyl (C=O) groups excluding carboxylic acids is 1. The Hall–Kier alpha value is -2.24. The molecule has 0 saturated carbocycles. The van der Waals surface area contributed by atoms with Crippen molar-refractivity contribution in [1.82, 2.24) is 4.90 Å². The first kappa shape index (κ1) is 15.8. The fourth-order valence-corrected chi connectivity index (χ4v) is 1.68. The van der Waals surface area contributed by atoms with Crippen molar-refractivity contribution >= 4 is 11.9 Å². The zero-order valence-corrected chi connectivity index (χ0v) is 11.9. The van der Waals surface area contributed by atoms with Gasteiger partial charge in [-0.3, -0.25) is 9.59 Å². The molecule has 0 unspecified atom stereocenters. The molecular formula is C14H19NO5. The first-order valence-electron chi connectivity index (χ1n) is 6.14. The van der Waals surface area contributed by atoms with Gasteiger partial charge in [0.1, 0.15) is 11.5 Å². The summed E-state index contributed by atoms with van der Waals surface area (Å²) in [5, 5.41) is 8.60. The molecule has 1 aromatic carbocycles. The Kier molecular flexibility index (Phi) is 5.83. The zero-order chi connectivity index (χ0) is 15.1. The SMILES string of the molecule is COc1ccc(CC(=O)N(C)CCC(=O)O)c(OC)c1. The molecule has 6 nitrogen and oxygen atoms in total. The quantitative estimate of drug-likeness (QED) is 0.812. The van der Waals surface area contributed by atoms with Crippen LogP contribution in [0.4, 0.5) is 0 Å². The van der Waals surface area contributed by atoms with E-state index < -0.39 is 5.97 Å². The molecule has 0 radical (unpaired) electrons. The van der Waals surface area contributed by atoms with Crippen molar-refractivity contribution in [2.24, 2.45) is 0 Å². The van der Waals surface area contributed by atoms with E-state index in [4.69, 9.17) is 14.6 Å². The molecule has 0 aliphatic rings. The summed E-state index contributed by atoms with van der Waals surface area (Å²) in [7, 11) is 4.66. The highest BCUT2D eigenvalue weighted by atomic mass is 16.5. The fourth-order valence-electron chi connectivity index (χ4n) is 1.68. The van der Waals surface area contributed by atoms with Crippen LogP contribution < -0.4 is 9.47 Å². The Balaban J connectivity index is 2.72. The molecule has 0 aromatic heterocycles. The standard InChI is InChI=1S/C14H19NO5/c1-15(7-6-14(17)18)13(16)8-10-4-5-11(19-2)9-12(10)20-3/h4-5,9H,6-8H2,1-3H3,(H,17,18). The summed E-state index contributed by atoms with van der Waals surface area (Å²) < 4.78 is 10.3. The van der Waals surface area contributed by atoms with E-state index in [1.165, 1.54) is 12.0 Å². The van der Waals surface area contributed by atoms with Crippen LogP contribution in [0.1, 0.15) is 12.0 Å². The smallest absolute Gasteiger partial charge is 0.305 e. The third kappa shape index (κ3) is 4.46. The molecule has 0 spiro atoms. The molecule has 0 atom stereocenters. The summed E-state index contributed by atoms with van der Waals surface area (Å²) >= 11 is 0. The Morgan fingerprint density at radius 3 is 2.50 bits per heavy atom. The monoisotopic (exact) mass is 281 g/mol. The first-order chi connectivity index (χ1) is 9.47. The number of likely N-dealkylation sites (N-methyl/N-ethyl adjacent to an activating group) is 1. The lowest BCUT2D eigenvalue weighted by molar-refractivity contribution is -0.138. The average molecular weight is 281 g/mol. The van der Waals surface area contributed by atoms with E-state index >= 15 is 0 Å². The number of rotatable bonds is 7. The second-order valence-electron chi connectivity index (χ2n) is 4.31. The van der Waals surface area contributed by atoms with Gasteiger partial charge >= 0.3 is 5.97 Å². The number of carboxylic acids is 1. The van der Waals surface area contributed by atoms with Crippen molar-refractivity contribution in [1.29, 1.82) is 0 Å². The number of nitrogens with zero attached hydrogens (tertiary/aromatic N) is 1. The van der Waals surface area contributed by atoms with Gasteiger partial charge in [-0.25, -0.2) is 0 Å². The van der Waals surface area contributed by atoms with Gasteiger partial charge in [0.15, 0.2) is 0 Å². The number of hydrogen-bond acceptors (Lipinski definition) is 4. The van der Waals surface area contributed by atoms with Gasteiger partial charge < -0.3 is 19.5 Å². The number of aliphatic carboxylic acids is 1. The first-order valence-corrected chi connectivity index (χ1v) is 6.14. The maximum atomic E-state index is 12.0. The number of hydrogen-bond donors (Lipinski definition) is 1. The molecule has 1 aromatic rings. The van der Waals surface area contributed by atoms with E-state index in [0.717, 1.165) is 5.56 Å². The van der Waals surface area contributed by atoms with Crippen molar-refractivity contribution in [3.8, 4) is 11.5 Å². The van der Waals surface area contributed by atoms with E-state index in [-0.39, 0.29) is 25.3 Å². The van der Waals surface area contributed by atoms with Gasteiger partial charge in [-0.1, -0.05) is 6.07 Å². The van der Waals surface area contributed by atoms with Gasteiger partial charge in [0, 0.05) is 25.2 Å². The molecular weight excluding hydrogens is 262 g/mol. The Labute approximate surface area is 117 Å². The summed E-state index contributed by atoms with van der Waals surface area (Å²) in [5.74, 6) is 0.142. The van der Waals surface area contributed by atoms with Gasteiger partial charge in [0.25, 0.3) is 0 Å². The lowest BCUT2D eigenvalue weighted by Gasteiger charge is -2.17. The van der Waals surface area contributed by atoms with Crippen molar-refractivity contribution in [2.45, 2.75) is 12.8 Å². The van der Waals surface area contributed by atoms with Crippen LogP contribution in [0, 0.1) is 0 Å². The van der Waals surface area contributed by atoms with Crippen LogP contribution in [0.3, 0.4) is 0 Å². The molecule has 6 heteroatoms. The molecule has 1 N–H and O–H groups in total. The number of carboxylic acid groups (broad SMARTS) is 1. The summed E-state index contributed by atoms with van der Waals surface area (Å²) in [6.07, 6.45) is 0.0886. The van der Waals surface area contributed by atoms with E-state index in [1.54, 1.807) is 32.4 Å². The second-order valence-corrected chi connectivity index (χ2v) is 4.31. The molecule has 1 rings (SSSR count). The van der Waals surface area contributed by atoms with Crippen LogP contribution in [0.2, 0.25) is 0 Å². The van der Waals surface area contributed by atoms with Crippen molar-refractivity contribution < 1.29 is 24.2 Å². The predicted molar refractivity (Wildman–Crippen MR) is 73.1 cm³/mol. The van der Waals surface area contributed by atoms with Gasteiger partial charge in [-0.05, 0) is 6.07 Å². The Bertz CT molecular complexity index is 486. The summed E-state index contributed by atoms with van der Waals surface area (Å²) in [5.41, 5.74) is 0.737. The third-order valence-corrected chi connectivity index (χ3v) is 2.92. The van der Waals surface area contributed by atoms with Gasteiger partial charge in [-0.2, -0.15) is 0 Å². The van der Waals surface area contributed by atoms with Crippen LogP contribution in [0.5, 0.6) is 11.5 Å². The molecule has 0 bridgehead atoms. The molecule has 20 heavy (non-hydrogen) atoms. The van der Waals surface area contributed by atoms with Gasteiger partial charge in [0.05, 0.1) is 27.1 Å². The zero-order valence-electron chi connectivity index (χ0n) is 11.9. The minimum absolute atomic E-state index is 0.0675. The second kappa shape index (κ2) is 7.37. The normalized spacial score (nSPS) is 9.95. The Morgan fingerprint density at radius 1 is 1.25 bits per heavy atom. The van der Waals surface area contributed by atoms with E-state index in [1.807, 2.05) is 0 Å². The maximum absolute atomic E-state index is 12.0. The maximum Gasteiger partial charge on any atom is 0.305 e. The predicted octanol–water partition coefficient (Wildman–Crippen LogP) is 1.18. The van der Waals surface area contributed by atoms with Crippen molar-refractivity contribution in [3.63, 3.8) is 0 Å². The number of carbonyl (C=O) groups is 2. The molecule has 1 amide bonds.